The Morgan fingerprint density at radius 3 is 2.82 bits per heavy atom. The van der Waals surface area contributed by atoms with Crippen molar-refractivity contribution in [2.24, 2.45) is 0 Å². The predicted octanol–water partition coefficient (Wildman–Crippen LogP) is 2.21. The summed E-state index contributed by atoms with van der Waals surface area (Å²) in [7, 11) is 0. The van der Waals surface area contributed by atoms with Crippen LogP contribution in [-0.4, -0.2) is 12.2 Å². The maximum Gasteiger partial charge on any atom is 0.135 e. The third-order valence-corrected chi connectivity index (χ3v) is 2.39. The first-order valence-electron chi connectivity index (χ1n) is 4.35. The molecule has 0 bridgehead atoms. The summed E-state index contributed by atoms with van der Waals surface area (Å²) in [6.07, 6.45) is 7.33. The van der Waals surface area contributed by atoms with Gasteiger partial charge in [-0.05, 0) is 32.6 Å². The van der Waals surface area contributed by atoms with E-state index in [2.05, 4.69) is 0 Å². The lowest BCUT2D eigenvalue weighted by atomic mass is 9.94. The molecule has 1 saturated carbocycles. The fourth-order valence-corrected chi connectivity index (χ4v) is 1.80. The van der Waals surface area contributed by atoms with E-state index in [4.69, 9.17) is 9.47 Å². The molecule has 0 N–H and O–H groups in total. The smallest absolute Gasteiger partial charge is 0.135 e. The molecule has 1 aliphatic carbocycles. The number of rotatable bonds is 0. The fourth-order valence-electron chi connectivity index (χ4n) is 1.80. The molecule has 62 valence electrons. The summed E-state index contributed by atoms with van der Waals surface area (Å²) >= 11 is 0. The van der Waals surface area contributed by atoms with Crippen LogP contribution in [0, 0.1) is 0 Å². The van der Waals surface area contributed by atoms with Crippen molar-refractivity contribution in [3.05, 3.63) is 12.0 Å². The highest BCUT2D eigenvalue weighted by atomic mass is 16.6. The molecule has 0 aromatic carbocycles. The molecular weight excluding hydrogens is 140 g/mol. The van der Waals surface area contributed by atoms with Gasteiger partial charge in [0.25, 0.3) is 0 Å². The maximum absolute atomic E-state index is 5.63. The van der Waals surface area contributed by atoms with Crippen LogP contribution in [-0.2, 0) is 9.47 Å². The third kappa shape index (κ3) is 1.35. The van der Waals surface area contributed by atoms with Crippen molar-refractivity contribution in [1.82, 2.24) is 0 Å². The van der Waals surface area contributed by atoms with E-state index < -0.39 is 0 Å². The van der Waals surface area contributed by atoms with Crippen molar-refractivity contribution in [3.8, 4) is 0 Å². The Labute approximate surface area is 67.2 Å². The van der Waals surface area contributed by atoms with Crippen molar-refractivity contribution < 1.29 is 9.47 Å². The highest BCUT2D eigenvalue weighted by Crippen LogP contribution is 2.28. The summed E-state index contributed by atoms with van der Waals surface area (Å²) in [5.41, 5.74) is 0. The molecule has 2 atom stereocenters. The van der Waals surface area contributed by atoms with E-state index in [9.17, 15) is 0 Å². The van der Waals surface area contributed by atoms with Crippen LogP contribution in [0.25, 0.3) is 0 Å². The number of hydrogen-bond acceptors (Lipinski definition) is 2. The van der Waals surface area contributed by atoms with Crippen LogP contribution in [0.1, 0.15) is 32.6 Å². The van der Waals surface area contributed by atoms with Gasteiger partial charge < -0.3 is 9.47 Å². The molecule has 0 spiro atoms. The first-order valence-corrected chi connectivity index (χ1v) is 4.35. The van der Waals surface area contributed by atoms with Gasteiger partial charge in [0.2, 0.25) is 0 Å². The van der Waals surface area contributed by atoms with Gasteiger partial charge in [0.15, 0.2) is 0 Å². The lowest BCUT2D eigenvalue weighted by molar-refractivity contribution is -0.0680. The van der Waals surface area contributed by atoms with Crippen molar-refractivity contribution in [3.63, 3.8) is 0 Å². The lowest BCUT2D eigenvalue weighted by Gasteiger charge is -2.34. The first-order chi connectivity index (χ1) is 5.36. The molecular formula is C9H14O2. The largest absolute Gasteiger partial charge is 0.491 e. The summed E-state index contributed by atoms with van der Waals surface area (Å²) in [4.78, 5) is 0. The van der Waals surface area contributed by atoms with Crippen molar-refractivity contribution >= 4 is 0 Å². The van der Waals surface area contributed by atoms with E-state index in [-0.39, 0.29) is 0 Å². The topological polar surface area (TPSA) is 18.5 Å². The van der Waals surface area contributed by atoms with Crippen molar-refractivity contribution in [2.45, 2.75) is 44.8 Å². The molecule has 2 nitrogen and oxygen atoms in total. The van der Waals surface area contributed by atoms with Crippen LogP contribution in [0.2, 0.25) is 0 Å². The summed E-state index contributed by atoms with van der Waals surface area (Å²) in [6, 6.07) is 0. The zero-order chi connectivity index (χ0) is 7.68. The SMILES string of the molecule is CC1=COC2CCCCC2O1. The molecule has 1 aliphatic heterocycles. The molecule has 1 heterocycles. The minimum Gasteiger partial charge on any atom is -0.491 e. The molecule has 2 aliphatic rings. The Morgan fingerprint density at radius 1 is 1.27 bits per heavy atom. The first kappa shape index (κ1) is 7.01. The monoisotopic (exact) mass is 154 g/mol. The fraction of sp³-hybridized carbons (Fsp3) is 0.778. The van der Waals surface area contributed by atoms with Crippen molar-refractivity contribution in [2.75, 3.05) is 0 Å². The van der Waals surface area contributed by atoms with Crippen LogP contribution in [0.3, 0.4) is 0 Å². The van der Waals surface area contributed by atoms with Crippen LogP contribution in [0.4, 0.5) is 0 Å². The van der Waals surface area contributed by atoms with E-state index >= 15 is 0 Å². The third-order valence-electron chi connectivity index (χ3n) is 2.39. The Kier molecular flexibility index (Phi) is 1.76. The number of allylic oxidation sites excluding steroid dienone is 1. The maximum atomic E-state index is 5.63. The molecule has 2 unspecified atom stereocenters. The van der Waals surface area contributed by atoms with Gasteiger partial charge in [0.1, 0.15) is 24.2 Å². The molecule has 0 aromatic rings. The van der Waals surface area contributed by atoms with Crippen molar-refractivity contribution in [1.29, 1.82) is 0 Å². The average molecular weight is 154 g/mol. The molecule has 0 aromatic heterocycles. The molecule has 11 heavy (non-hydrogen) atoms. The number of ether oxygens (including phenoxy) is 2. The molecule has 0 amide bonds. The second kappa shape index (κ2) is 2.76. The second-order valence-electron chi connectivity index (χ2n) is 3.34. The Morgan fingerprint density at radius 2 is 2.00 bits per heavy atom. The Balaban J connectivity index is 2.04. The molecule has 0 saturated heterocycles. The average Bonchev–Trinajstić information content (AvgIpc) is 2.04. The number of hydrogen-bond donors (Lipinski definition) is 0. The van der Waals surface area contributed by atoms with E-state index in [1.165, 1.54) is 12.8 Å². The van der Waals surface area contributed by atoms with E-state index in [1.54, 1.807) is 6.26 Å². The molecule has 2 rings (SSSR count). The predicted molar refractivity (Wildman–Crippen MR) is 42.0 cm³/mol. The zero-order valence-electron chi connectivity index (χ0n) is 6.88. The minimum absolute atomic E-state index is 0.340. The van der Waals surface area contributed by atoms with Gasteiger partial charge in [0, 0.05) is 0 Å². The lowest BCUT2D eigenvalue weighted by Crippen LogP contribution is -2.35. The number of fused-ring (bicyclic) bond motifs is 1. The van der Waals surface area contributed by atoms with Gasteiger partial charge in [-0.2, -0.15) is 0 Å². The van der Waals surface area contributed by atoms with E-state index in [0.29, 0.717) is 12.2 Å². The molecule has 0 radical (unpaired) electrons. The molecule has 2 heteroatoms. The highest BCUT2D eigenvalue weighted by molar-refractivity contribution is 4.92. The van der Waals surface area contributed by atoms with Crippen LogP contribution in [0.15, 0.2) is 12.0 Å². The Bertz CT molecular complexity index is 174. The van der Waals surface area contributed by atoms with Gasteiger partial charge in [-0.3, -0.25) is 0 Å². The van der Waals surface area contributed by atoms with Gasteiger partial charge in [-0.25, -0.2) is 0 Å². The highest BCUT2D eigenvalue weighted by Gasteiger charge is 2.30. The Hall–Kier alpha value is -0.660. The van der Waals surface area contributed by atoms with E-state index in [0.717, 1.165) is 18.6 Å². The molecule has 1 fully saturated rings. The van der Waals surface area contributed by atoms with Crippen LogP contribution < -0.4 is 0 Å². The van der Waals surface area contributed by atoms with Gasteiger partial charge >= 0.3 is 0 Å². The minimum atomic E-state index is 0.340. The van der Waals surface area contributed by atoms with Gasteiger partial charge in [0.05, 0.1) is 0 Å². The van der Waals surface area contributed by atoms with Crippen LogP contribution >= 0.6 is 0 Å². The summed E-state index contributed by atoms with van der Waals surface area (Å²) in [6.45, 7) is 1.95. The summed E-state index contributed by atoms with van der Waals surface area (Å²) < 4.78 is 11.1. The van der Waals surface area contributed by atoms with Gasteiger partial charge in [-0.15, -0.1) is 0 Å². The van der Waals surface area contributed by atoms with E-state index in [1.807, 2.05) is 6.92 Å². The quantitative estimate of drug-likeness (QED) is 0.532. The van der Waals surface area contributed by atoms with Crippen LogP contribution in [0.5, 0.6) is 0 Å². The normalized spacial score (nSPS) is 36.3. The second-order valence-corrected chi connectivity index (χ2v) is 3.34. The summed E-state index contributed by atoms with van der Waals surface area (Å²) in [5.74, 6) is 0.924. The standard InChI is InChI=1S/C9H14O2/c1-7-6-10-8-4-2-3-5-9(8)11-7/h6,8-9H,2-5H2,1H3. The summed E-state index contributed by atoms with van der Waals surface area (Å²) in [5, 5.41) is 0. The zero-order valence-corrected chi connectivity index (χ0v) is 6.88. The van der Waals surface area contributed by atoms with Gasteiger partial charge in [-0.1, -0.05) is 0 Å².